The lowest BCUT2D eigenvalue weighted by Crippen LogP contribution is -2.10. The number of imidazole rings is 1. The van der Waals surface area contributed by atoms with E-state index >= 15 is 0 Å². The van der Waals surface area contributed by atoms with Gasteiger partial charge in [0.2, 0.25) is 0 Å². The van der Waals surface area contributed by atoms with Crippen LogP contribution in [-0.4, -0.2) is 23.2 Å². The monoisotopic (exact) mass is 244 g/mol. The van der Waals surface area contributed by atoms with Crippen molar-refractivity contribution < 1.29 is 4.74 Å². The quantitative estimate of drug-likeness (QED) is 0.835. The number of nitrogens with zero attached hydrogens (tertiary/aromatic N) is 1. The summed E-state index contributed by atoms with van der Waals surface area (Å²) >= 11 is 0. The van der Waals surface area contributed by atoms with Crippen molar-refractivity contribution in [3.8, 4) is 0 Å². The first-order valence-corrected chi connectivity index (χ1v) is 6.62. The average molecular weight is 244 g/mol. The number of aromatic nitrogens is 2. The molecule has 96 valence electrons. The molecule has 1 unspecified atom stereocenters. The minimum absolute atomic E-state index is 0.177. The number of rotatable bonds is 1. The van der Waals surface area contributed by atoms with E-state index in [9.17, 15) is 0 Å². The molecule has 1 aliphatic rings. The second-order valence-corrected chi connectivity index (χ2v) is 6.16. The SMILES string of the molecule is CC(C)(C)c1ccc2nc(C3CCOC3)[nH]c2c1. The predicted molar refractivity (Wildman–Crippen MR) is 73.0 cm³/mol. The summed E-state index contributed by atoms with van der Waals surface area (Å²) in [5, 5.41) is 0. The Labute approximate surface area is 108 Å². The van der Waals surface area contributed by atoms with Crippen molar-refractivity contribution >= 4 is 11.0 Å². The number of nitrogens with one attached hydrogen (secondary N) is 1. The number of H-pyrrole nitrogens is 1. The molecule has 18 heavy (non-hydrogen) atoms. The van der Waals surface area contributed by atoms with Crippen LogP contribution in [0.1, 0.15) is 44.5 Å². The van der Waals surface area contributed by atoms with E-state index in [1.165, 1.54) is 5.56 Å². The van der Waals surface area contributed by atoms with Crippen LogP contribution in [0, 0.1) is 0 Å². The van der Waals surface area contributed by atoms with E-state index in [-0.39, 0.29) is 5.41 Å². The first-order chi connectivity index (χ1) is 8.54. The van der Waals surface area contributed by atoms with E-state index in [0.29, 0.717) is 5.92 Å². The lowest BCUT2D eigenvalue weighted by molar-refractivity contribution is 0.193. The molecule has 1 fully saturated rings. The molecule has 0 radical (unpaired) electrons. The van der Waals surface area contributed by atoms with Crippen LogP contribution in [0.25, 0.3) is 11.0 Å². The fourth-order valence-electron chi connectivity index (χ4n) is 2.44. The van der Waals surface area contributed by atoms with Gasteiger partial charge in [-0.1, -0.05) is 26.8 Å². The van der Waals surface area contributed by atoms with E-state index in [2.05, 4.69) is 48.9 Å². The van der Waals surface area contributed by atoms with Crippen molar-refractivity contribution in [3.05, 3.63) is 29.6 Å². The highest BCUT2D eigenvalue weighted by Gasteiger charge is 2.21. The number of aromatic amines is 1. The van der Waals surface area contributed by atoms with Crippen LogP contribution in [0.3, 0.4) is 0 Å². The molecule has 0 aliphatic carbocycles. The molecule has 0 bridgehead atoms. The van der Waals surface area contributed by atoms with Crippen molar-refractivity contribution in [2.45, 2.75) is 38.5 Å². The maximum Gasteiger partial charge on any atom is 0.112 e. The summed E-state index contributed by atoms with van der Waals surface area (Å²) in [6.45, 7) is 8.35. The molecule has 1 atom stereocenters. The molecule has 0 spiro atoms. The highest BCUT2D eigenvalue weighted by Crippen LogP contribution is 2.28. The van der Waals surface area contributed by atoms with Gasteiger partial charge in [0.25, 0.3) is 0 Å². The van der Waals surface area contributed by atoms with E-state index < -0.39 is 0 Å². The number of hydrogen-bond acceptors (Lipinski definition) is 2. The Bertz CT molecular complexity index is 559. The largest absolute Gasteiger partial charge is 0.381 e. The molecular formula is C15H20N2O. The van der Waals surface area contributed by atoms with Crippen molar-refractivity contribution in [2.24, 2.45) is 0 Å². The molecule has 0 saturated carbocycles. The second kappa shape index (κ2) is 4.09. The van der Waals surface area contributed by atoms with Crippen LogP contribution < -0.4 is 0 Å². The Balaban J connectivity index is 2.01. The molecule has 1 N–H and O–H groups in total. The van der Waals surface area contributed by atoms with Gasteiger partial charge in [-0.3, -0.25) is 0 Å². The lowest BCUT2D eigenvalue weighted by Gasteiger charge is -2.18. The molecule has 3 heteroatoms. The van der Waals surface area contributed by atoms with Gasteiger partial charge in [0.05, 0.1) is 17.6 Å². The van der Waals surface area contributed by atoms with Crippen LogP contribution in [0.5, 0.6) is 0 Å². The summed E-state index contributed by atoms with van der Waals surface area (Å²) in [7, 11) is 0. The summed E-state index contributed by atoms with van der Waals surface area (Å²) in [5.41, 5.74) is 3.72. The molecule has 1 saturated heterocycles. The van der Waals surface area contributed by atoms with Crippen LogP contribution in [0.2, 0.25) is 0 Å². The first kappa shape index (κ1) is 11.7. The molecule has 0 amide bonds. The summed E-state index contributed by atoms with van der Waals surface area (Å²) < 4.78 is 5.43. The summed E-state index contributed by atoms with van der Waals surface area (Å²) in [6.07, 6.45) is 1.08. The molecule has 1 aliphatic heterocycles. The van der Waals surface area contributed by atoms with Gasteiger partial charge in [0, 0.05) is 12.5 Å². The number of ether oxygens (including phenoxy) is 1. The van der Waals surface area contributed by atoms with Crippen molar-refractivity contribution in [3.63, 3.8) is 0 Å². The highest BCUT2D eigenvalue weighted by molar-refractivity contribution is 5.76. The summed E-state index contributed by atoms with van der Waals surface area (Å²) in [5.74, 6) is 1.52. The first-order valence-electron chi connectivity index (χ1n) is 6.62. The Morgan fingerprint density at radius 3 is 2.83 bits per heavy atom. The number of hydrogen-bond donors (Lipinski definition) is 1. The molecule has 3 nitrogen and oxygen atoms in total. The standard InChI is InChI=1S/C15H20N2O/c1-15(2,3)11-4-5-12-13(8-11)17-14(16-12)10-6-7-18-9-10/h4-5,8,10H,6-7,9H2,1-3H3,(H,16,17). The summed E-state index contributed by atoms with van der Waals surface area (Å²) in [6, 6.07) is 6.52. The van der Waals surface area contributed by atoms with Gasteiger partial charge in [-0.15, -0.1) is 0 Å². The van der Waals surface area contributed by atoms with Crippen LogP contribution in [0.15, 0.2) is 18.2 Å². The maximum atomic E-state index is 5.43. The molecule has 2 aromatic rings. The van der Waals surface area contributed by atoms with Gasteiger partial charge < -0.3 is 9.72 Å². The lowest BCUT2D eigenvalue weighted by atomic mass is 9.87. The van der Waals surface area contributed by atoms with Crippen molar-refractivity contribution in [1.82, 2.24) is 9.97 Å². The Morgan fingerprint density at radius 1 is 1.33 bits per heavy atom. The molecule has 2 heterocycles. The van der Waals surface area contributed by atoms with Gasteiger partial charge >= 0.3 is 0 Å². The molecule has 1 aromatic heterocycles. The van der Waals surface area contributed by atoms with Crippen molar-refractivity contribution in [1.29, 1.82) is 0 Å². The van der Waals surface area contributed by atoms with E-state index in [1.54, 1.807) is 0 Å². The van der Waals surface area contributed by atoms with E-state index in [4.69, 9.17) is 4.74 Å². The van der Waals surface area contributed by atoms with Gasteiger partial charge in [-0.05, 0) is 29.5 Å². The Kier molecular flexibility index (Phi) is 2.67. The highest BCUT2D eigenvalue weighted by atomic mass is 16.5. The average Bonchev–Trinajstić information content (AvgIpc) is 2.95. The van der Waals surface area contributed by atoms with Crippen molar-refractivity contribution in [2.75, 3.05) is 13.2 Å². The van der Waals surface area contributed by atoms with Gasteiger partial charge in [0.15, 0.2) is 0 Å². The number of fused-ring (bicyclic) bond motifs is 1. The van der Waals surface area contributed by atoms with Crippen LogP contribution in [-0.2, 0) is 10.2 Å². The van der Waals surface area contributed by atoms with E-state index in [1.807, 2.05) is 0 Å². The zero-order chi connectivity index (χ0) is 12.8. The third kappa shape index (κ3) is 2.03. The third-order valence-electron chi connectivity index (χ3n) is 3.68. The Morgan fingerprint density at radius 2 is 2.17 bits per heavy atom. The maximum absolute atomic E-state index is 5.43. The topological polar surface area (TPSA) is 37.9 Å². The van der Waals surface area contributed by atoms with E-state index in [0.717, 1.165) is 36.5 Å². The molecule has 3 rings (SSSR count). The minimum Gasteiger partial charge on any atom is -0.381 e. The Hall–Kier alpha value is -1.35. The van der Waals surface area contributed by atoms with Gasteiger partial charge in [-0.25, -0.2) is 4.98 Å². The zero-order valence-corrected chi connectivity index (χ0v) is 11.3. The van der Waals surface area contributed by atoms with Gasteiger partial charge in [-0.2, -0.15) is 0 Å². The smallest absolute Gasteiger partial charge is 0.112 e. The van der Waals surface area contributed by atoms with Crippen LogP contribution >= 0.6 is 0 Å². The molecule has 1 aromatic carbocycles. The third-order valence-corrected chi connectivity index (χ3v) is 3.68. The second-order valence-electron chi connectivity index (χ2n) is 6.16. The fraction of sp³-hybridized carbons (Fsp3) is 0.533. The van der Waals surface area contributed by atoms with Gasteiger partial charge in [0.1, 0.15) is 5.82 Å². The van der Waals surface area contributed by atoms with Crippen LogP contribution in [0.4, 0.5) is 0 Å². The molecular weight excluding hydrogens is 224 g/mol. The predicted octanol–water partition coefficient (Wildman–Crippen LogP) is 3.36. The minimum atomic E-state index is 0.177. The summed E-state index contributed by atoms with van der Waals surface area (Å²) in [4.78, 5) is 8.14. The number of benzene rings is 1. The normalized spacial score (nSPS) is 20.7. The fourth-order valence-corrected chi connectivity index (χ4v) is 2.44. The zero-order valence-electron chi connectivity index (χ0n) is 11.3.